The Labute approximate surface area is 141 Å². The Morgan fingerprint density at radius 1 is 1.33 bits per heavy atom. The quantitative estimate of drug-likeness (QED) is 0.467. The second-order valence-corrected chi connectivity index (χ2v) is 6.92. The lowest BCUT2D eigenvalue weighted by molar-refractivity contribution is -0.141. The molecule has 1 rings (SSSR count). The van der Waals surface area contributed by atoms with E-state index < -0.39 is 29.6 Å². The Morgan fingerprint density at radius 3 is 2.46 bits per heavy atom. The van der Waals surface area contributed by atoms with Gasteiger partial charge in [-0.25, -0.2) is 4.79 Å². The van der Waals surface area contributed by atoms with Crippen LogP contribution in [0.3, 0.4) is 0 Å². The van der Waals surface area contributed by atoms with Crippen LogP contribution in [-0.2, 0) is 16.0 Å². The molecule has 134 valence electrons. The first-order valence-electron chi connectivity index (χ1n) is 7.77. The van der Waals surface area contributed by atoms with Gasteiger partial charge in [0.15, 0.2) is 0 Å². The van der Waals surface area contributed by atoms with Gasteiger partial charge in [0, 0.05) is 6.04 Å². The Hall–Kier alpha value is -2.44. The van der Waals surface area contributed by atoms with E-state index in [1.165, 1.54) is 6.07 Å². The lowest BCUT2D eigenvalue weighted by Crippen LogP contribution is -2.41. The topological polar surface area (TPSA) is 122 Å². The minimum Gasteiger partial charge on any atom is -0.506 e. The molecule has 1 unspecified atom stereocenters. The first-order chi connectivity index (χ1) is 11.0. The van der Waals surface area contributed by atoms with Gasteiger partial charge in [-0.1, -0.05) is 13.0 Å². The fraction of sp³-hybridized carbons (Fsp3) is 0.529. The number of carboxylic acid groups (broad SMARTS) is 1. The lowest BCUT2D eigenvalue weighted by Gasteiger charge is -2.25. The standard InChI is InChI=1S/C17H26N2O5/c1-10(15(21)22)7-12(19-16(23)24-17(2,3)4)8-11-5-6-14(20)13(18)9-11/h5-6,9-10,12,20H,7-8,18H2,1-4H3,(H,19,23)(H,21,22)/t10?,12-/m1/s1. The van der Waals surface area contributed by atoms with Crippen molar-refractivity contribution in [3.05, 3.63) is 23.8 Å². The SMILES string of the molecule is CC(C[C@H](Cc1ccc(O)c(N)c1)NC(=O)OC(C)(C)C)C(=O)O. The third-order valence-corrected chi connectivity index (χ3v) is 3.35. The molecule has 7 nitrogen and oxygen atoms in total. The van der Waals surface area contributed by atoms with E-state index >= 15 is 0 Å². The molecule has 0 bridgehead atoms. The molecule has 0 fully saturated rings. The zero-order chi connectivity index (χ0) is 18.5. The molecule has 0 radical (unpaired) electrons. The largest absolute Gasteiger partial charge is 0.506 e. The molecular weight excluding hydrogens is 312 g/mol. The third-order valence-electron chi connectivity index (χ3n) is 3.35. The normalized spacial score (nSPS) is 13.8. The predicted molar refractivity (Wildman–Crippen MR) is 90.8 cm³/mol. The summed E-state index contributed by atoms with van der Waals surface area (Å²) in [5, 5.41) is 21.3. The lowest BCUT2D eigenvalue weighted by atomic mass is 9.96. The summed E-state index contributed by atoms with van der Waals surface area (Å²) in [4.78, 5) is 23.1. The zero-order valence-electron chi connectivity index (χ0n) is 14.5. The van der Waals surface area contributed by atoms with E-state index in [4.69, 9.17) is 15.6 Å². The van der Waals surface area contributed by atoms with E-state index in [1.54, 1.807) is 39.8 Å². The van der Waals surface area contributed by atoms with E-state index in [1.807, 2.05) is 0 Å². The number of rotatable bonds is 6. The highest BCUT2D eigenvalue weighted by molar-refractivity contribution is 5.70. The van der Waals surface area contributed by atoms with Crippen LogP contribution in [0.1, 0.15) is 39.7 Å². The number of carbonyl (C=O) groups is 2. The summed E-state index contributed by atoms with van der Waals surface area (Å²) >= 11 is 0. The van der Waals surface area contributed by atoms with Crippen LogP contribution in [-0.4, -0.2) is 33.9 Å². The van der Waals surface area contributed by atoms with Crippen LogP contribution in [0.2, 0.25) is 0 Å². The van der Waals surface area contributed by atoms with Crippen LogP contribution in [0, 0.1) is 5.92 Å². The number of alkyl carbamates (subject to hydrolysis) is 1. The fourth-order valence-electron chi connectivity index (χ4n) is 2.21. The summed E-state index contributed by atoms with van der Waals surface area (Å²) in [7, 11) is 0. The fourth-order valence-corrected chi connectivity index (χ4v) is 2.21. The minimum atomic E-state index is -0.934. The van der Waals surface area contributed by atoms with Crippen molar-refractivity contribution < 1.29 is 24.5 Å². The third kappa shape index (κ3) is 6.76. The van der Waals surface area contributed by atoms with Crippen molar-refractivity contribution in [1.82, 2.24) is 5.32 Å². The number of ether oxygens (including phenoxy) is 1. The van der Waals surface area contributed by atoms with Gasteiger partial charge >= 0.3 is 12.1 Å². The van der Waals surface area contributed by atoms with Crippen LogP contribution in [0.15, 0.2) is 18.2 Å². The maximum atomic E-state index is 12.0. The van der Waals surface area contributed by atoms with Crippen LogP contribution >= 0.6 is 0 Å². The number of anilines is 1. The molecule has 0 spiro atoms. The van der Waals surface area contributed by atoms with Gasteiger partial charge in [0.1, 0.15) is 11.4 Å². The Morgan fingerprint density at radius 2 is 1.96 bits per heavy atom. The number of hydrogen-bond donors (Lipinski definition) is 4. The van der Waals surface area contributed by atoms with E-state index in [0.29, 0.717) is 6.42 Å². The molecule has 7 heteroatoms. The van der Waals surface area contributed by atoms with Crippen molar-refractivity contribution in [3.8, 4) is 5.75 Å². The molecule has 0 heterocycles. The second-order valence-electron chi connectivity index (χ2n) is 6.92. The van der Waals surface area contributed by atoms with Gasteiger partial charge in [-0.2, -0.15) is 0 Å². The van der Waals surface area contributed by atoms with Crippen molar-refractivity contribution in [1.29, 1.82) is 0 Å². The van der Waals surface area contributed by atoms with E-state index in [9.17, 15) is 14.7 Å². The molecule has 0 aliphatic heterocycles. The zero-order valence-corrected chi connectivity index (χ0v) is 14.5. The number of nitrogens with two attached hydrogens (primary N) is 1. The molecule has 0 aliphatic carbocycles. The number of amides is 1. The van der Waals surface area contributed by atoms with Gasteiger partial charge < -0.3 is 26.0 Å². The van der Waals surface area contributed by atoms with E-state index in [2.05, 4.69) is 5.32 Å². The van der Waals surface area contributed by atoms with Crippen molar-refractivity contribution >= 4 is 17.7 Å². The molecule has 0 saturated carbocycles. The maximum Gasteiger partial charge on any atom is 0.407 e. The molecule has 5 N–H and O–H groups in total. The number of phenols is 1. The van der Waals surface area contributed by atoms with Crippen molar-refractivity contribution in [2.45, 2.75) is 52.2 Å². The highest BCUT2D eigenvalue weighted by Crippen LogP contribution is 2.22. The molecule has 1 aromatic rings. The first kappa shape index (κ1) is 19.6. The number of benzene rings is 1. The molecule has 0 aromatic heterocycles. The molecular formula is C17H26N2O5. The van der Waals surface area contributed by atoms with Gasteiger partial charge in [-0.3, -0.25) is 4.79 Å². The van der Waals surface area contributed by atoms with Gasteiger partial charge in [0.25, 0.3) is 0 Å². The highest BCUT2D eigenvalue weighted by atomic mass is 16.6. The summed E-state index contributed by atoms with van der Waals surface area (Å²) in [6.07, 6.45) is 0.0216. The van der Waals surface area contributed by atoms with Gasteiger partial charge in [-0.15, -0.1) is 0 Å². The summed E-state index contributed by atoms with van der Waals surface area (Å²) in [6.45, 7) is 6.84. The Kier molecular flexibility index (Phi) is 6.45. The van der Waals surface area contributed by atoms with Gasteiger partial charge in [0.2, 0.25) is 0 Å². The summed E-state index contributed by atoms with van der Waals surface area (Å²) < 4.78 is 5.23. The summed E-state index contributed by atoms with van der Waals surface area (Å²) in [5.74, 6) is -1.58. The number of hydrogen-bond acceptors (Lipinski definition) is 5. The average molecular weight is 338 g/mol. The van der Waals surface area contributed by atoms with Crippen LogP contribution in [0.5, 0.6) is 5.75 Å². The summed E-state index contributed by atoms with van der Waals surface area (Å²) in [5.41, 5.74) is 6.04. The minimum absolute atomic E-state index is 0.0192. The van der Waals surface area contributed by atoms with Crippen LogP contribution in [0.25, 0.3) is 0 Å². The average Bonchev–Trinajstić information content (AvgIpc) is 2.40. The van der Waals surface area contributed by atoms with Gasteiger partial charge in [-0.05, 0) is 51.3 Å². The molecule has 1 amide bonds. The van der Waals surface area contributed by atoms with Crippen LogP contribution < -0.4 is 11.1 Å². The van der Waals surface area contributed by atoms with Crippen molar-refractivity contribution in [3.63, 3.8) is 0 Å². The predicted octanol–water partition coefficient (Wildman–Crippen LogP) is 2.52. The Bertz CT molecular complexity index is 595. The number of nitrogen functional groups attached to an aromatic ring is 1. The molecule has 24 heavy (non-hydrogen) atoms. The van der Waals surface area contributed by atoms with Gasteiger partial charge in [0.05, 0.1) is 11.6 Å². The number of carbonyl (C=O) groups excluding carboxylic acids is 1. The summed E-state index contributed by atoms with van der Waals surface area (Å²) in [6, 6.07) is 4.32. The maximum absolute atomic E-state index is 12.0. The van der Waals surface area contributed by atoms with Crippen LogP contribution in [0.4, 0.5) is 10.5 Å². The number of nitrogens with one attached hydrogen (secondary N) is 1. The smallest absolute Gasteiger partial charge is 0.407 e. The number of carboxylic acids is 1. The second kappa shape index (κ2) is 7.90. The number of aliphatic carboxylic acids is 1. The highest BCUT2D eigenvalue weighted by Gasteiger charge is 2.23. The monoisotopic (exact) mass is 338 g/mol. The van der Waals surface area contributed by atoms with Crippen molar-refractivity contribution in [2.75, 3.05) is 5.73 Å². The number of aromatic hydroxyl groups is 1. The van der Waals surface area contributed by atoms with E-state index in [0.717, 1.165) is 5.56 Å². The molecule has 2 atom stereocenters. The molecule has 0 saturated heterocycles. The first-order valence-corrected chi connectivity index (χ1v) is 7.77. The number of phenolic OH excluding ortho intramolecular Hbond substituents is 1. The Balaban J connectivity index is 2.85. The molecule has 1 aromatic carbocycles. The van der Waals surface area contributed by atoms with Crippen molar-refractivity contribution in [2.24, 2.45) is 5.92 Å². The molecule has 0 aliphatic rings. The van der Waals surface area contributed by atoms with E-state index in [-0.39, 0.29) is 17.9 Å².